The second-order valence-corrected chi connectivity index (χ2v) is 3.31. The van der Waals surface area contributed by atoms with E-state index in [2.05, 4.69) is 11.3 Å². The van der Waals surface area contributed by atoms with Gasteiger partial charge in [-0.3, -0.25) is 0 Å². The molecule has 1 rings (SSSR count). The molecule has 0 aliphatic carbocycles. The van der Waals surface area contributed by atoms with Crippen molar-refractivity contribution in [1.82, 2.24) is 0 Å². The summed E-state index contributed by atoms with van der Waals surface area (Å²) in [5.41, 5.74) is 0.372. The Morgan fingerprint density at radius 2 is 2.06 bits per heavy atom. The van der Waals surface area contributed by atoms with Gasteiger partial charge < -0.3 is 14.2 Å². The van der Waals surface area contributed by atoms with Gasteiger partial charge in [0.15, 0.2) is 0 Å². The topological polar surface area (TPSA) is 68.5 Å². The van der Waals surface area contributed by atoms with Crippen LogP contribution in [0.2, 0.25) is 0 Å². The van der Waals surface area contributed by atoms with Crippen LogP contribution in [0, 0.1) is 11.3 Å². The number of nitrogens with zero attached hydrogens (tertiary/aromatic N) is 1. The number of hydrogen-bond acceptors (Lipinski definition) is 5. The maximum Gasteiger partial charge on any atom is 0.351 e. The van der Waals surface area contributed by atoms with Crippen LogP contribution in [0.5, 0.6) is 11.5 Å². The SMILES string of the molecule is C=CC(Oc1cc(C#N)cc(OC)c1)C(=O)OC. The monoisotopic (exact) mass is 247 g/mol. The van der Waals surface area contributed by atoms with Gasteiger partial charge in [-0.2, -0.15) is 5.26 Å². The Kier molecular flexibility index (Phi) is 4.76. The number of carbonyl (C=O) groups is 1. The number of ether oxygens (including phenoxy) is 3. The minimum atomic E-state index is -0.923. The number of benzene rings is 1. The van der Waals surface area contributed by atoms with Crippen molar-refractivity contribution < 1.29 is 19.0 Å². The number of rotatable bonds is 5. The summed E-state index contributed by atoms with van der Waals surface area (Å²) >= 11 is 0. The first-order valence-corrected chi connectivity index (χ1v) is 5.10. The fraction of sp³-hybridized carbons (Fsp3) is 0.231. The average molecular weight is 247 g/mol. The molecule has 5 nitrogen and oxygen atoms in total. The van der Waals surface area contributed by atoms with Gasteiger partial charge in [0, 0.05) is 6.07 Å². The van der Waals surface area contributed by atoms with Crippen molar-refractivity contribution in [1.29, 1.82) is 5.26 Å². The van der Waals surface area contributed by atoms with Gasteiger partial charge in [0.2, 0.25) is 6.10 Å². The van der Waals surface area contributed by atoms with E-state index in [4.69, 9.17) is 14.7 Å². The van der Waals surface area contributed by atoms with E-state index in [1.807, 2.05) is 6.07 Å². The molecule has 0 heterocycles. The van der Waals surface area contributed by atoms with Crippen LogP contribution in [0.15, 0.2) is 30.9 Å². The van der Waals surface area contributed by atoms with E-state index < -0.39 is 12.1 Å². The molecule has 5 heteroatoms. The van der Waals surface area contributed by atoms with Gasteiger partial charge in [0.05, 0.1) is 25.9 Å². The molecule has 1 aromatic carbocycles. The van der Waals surface area contributed by atoms with E-state index in [0.717, 1.165) is 0 Å². The van der Waals surface area contributed by atoms with Gasteiger partial charge in [-0.1, -0.05) is 6.58 Å². The number of esters is 1. The molecule has 1 aromatic rings. The summed E-state index contributed by atoms with van der Waals surface area (Å²) in [6.45, 7) is 3.49. The minimum Gasteiger partial charge on any atom is -0.497 e. The summed E-state index contributed by atoms with van der Waals surface area (Å²) in [6.07, 6.45) is 0.394. The molecule has 1 atom stereocenters. The lowest BCUT2D eigenvalue weighted by atomic mass is 10.2. The van der Waals surface area contributed by atoms with Gasteiger partial charge in [0.25, 0.3) is 0 Å². The Hall–Kier alpha value is -2.48. The van der Waals surface area contributed by atoms with Crippen LogP contribution < -0.4 is 9.47 Å². The maximum atomic E-state index is 11.3. The van der Waals surface area contributed by atoms with E-state index in [0.29, 0.717) is 17.1 Å². The minimum absolute atomic E-state index is 0.334. The first kappa shape index (κ1) is 13.6. The van der Waals surface area contributed by atoms with Crippen molar-refractivity contribution >= 4 is 5.97 Å². The zero-order valence-electron chi connectivity index (χ0n) is 10.2. The third-order valence-electron chi connectivity index (χ3n) is 2.16. The molecule has 0 amide bonds. The Balaban J connectivity index is 2.99. The molecule has 0 bridgehead atoms. The highest BCUT2D eigenvalue weighted by atomic mass is 16.6. The van der Waals surface area contributed by atoms with E-state index in [-0.39, 0.29) is 0 Å². The van der Waals surface area contributed by atoms with Gasteiger partial charge in [0.1, 0.15) is 11.5 Å². The lowest BCUT2D eigenvalue weighted by Gasteiger charge is -2.14. The maximum absolute atomic E-state index is 11.3. The van der Waals surface area contributed by atoms with E-state index in [1.165, 1.54) is 26.4 Å². The average Bonchev–Trinajstić information content (AvgIpc) is 2.43. The molecule has 0 radical (unpaired) electrons. The fourth-order valence-electron chi connectivity index (χ4n) is 1.28. The fourth-order valence-corrected chi connectivity index (χ4v) is 1.28. The van der Waals surface area contributed by atoms with Gasteiger partial charge in [-0.25, -0.2) is 4.79 Å². The highest BCUT2D eigenvalue weighted by Gasteiger charge is 2.17. The molecule has 0 aliphatic rings. The van der Waals surface area contributed by atoms with E-state index >= 15 is 0 Å². The Morgan fingerprint density at radius 3 is 2.56 bits per heavy atom. The number of carbonyl (C=O) groups excluding carboxylic acids is 1. The molecule has 18 heavy (non-hydrogen) atoms. The van der Waals surface area contributed by atoms with E-state index in [1.54, 1.807) is 12.1 Å². The van der Waals surface area contributed by atoms with Crippen molar-refractivity contribution in [2.24, 2.45) is 0 Å². The van der Waals surface area contributed by atoms with Crippen LogP contribution in [0.1, 0.15) is 5.56 Å². The lowest BCUT2D eigenvalue weighted by Crippen LogP contribution is -2.26. The Labute approximate surface area is 105 Å². The quantitative estimate of drug-likeness (QED) is 0.584. The predicted octanol–water partition coefficient (Wildman–Crippen LogP) is 1.67. The molecule has 94 valence electrons. The lowest BCUT2D eigenvalue weighted by molar-refractivity contribution is -0.146. The molecule has 0 N–H and O–H groups in total. The molecule has 0 fully saturated rings. The van der Waals surface area contributed by atoms with Gasteiger partial charge in [-0.15, -0.1) is 0 Å². The second kappa shape index (κ2) is 6.30. The summed E-state index contributed by atoms with van der Waals surface area (Å²) < 4.78 is 15.0. The van der Waals surface area contributed by atoms with Crippen LogP contribution >= 0.6 is 0 Å². The normalized spacial score (nSPS) is 10.9. The molecular weight excluding hydrogens is 234 g/mol. The predicted molar refractivity (Wildman–Crippen MR) is 64.3 cm³/mol. The summed E-state index contributed by atoms with van der Waals surface area (Å²) in [5.74, 6) is 0.240. The molecule has 0 aromatic heterocycles. The molecule has 0 saturated carbocycles. The first-order valence-electron chi connectivity index (χ1n) is 5.10. The van der Waals surface area contributed by atoms with Crippen molar-refractivity contribution in [3.63, 3.8) is 0 Å². The second-order valence-electron chi connectivity index (χ2n) is 3.31. The third kappa shape index (κ3) is 3.25. The van der Waals surface area contributed by atoms with Gasteiger partial charge in [-0.05, 0) is 18.2 Å². The smallest absolute Gasteiger partial charge is 0.351 e. The van der Waals surface area contributed by atoms with Crippen LogP contribution in [0.25, 0.3) is 0 Å². The largest absolute Gasteiger partial charge is 0.497 e. The summed E-state index contributed by atoms with van der Waals surface area (Å²) in [7, 11) is 2.74. The van der Waals surface area contributed by atoms with Gasteiger partial charge >= 0.3 is 5.97 Å². The van der Waals surface area contributed by atoms with Crippen LogP contribution in [-0.4, -0.2) is 26.3 Å². The van der Waals surface area contributed by atoms with E-state index in [9.17, 15) is 4.79 Å². The highest BCUT2D eigenvalue weighted by Crippen LogP contribution is 2.23. The van der Waals surface area contributed by atoms with Crippen molar-refractivity contribution in [2.45, 2.75) is 6.10 Å². The summed E-state index contributed by atoms with van der Waals surface area (Å²) in [6, 6.07) is 6.61. The van der Waals surface area contributed by atoms with Crippen LogP contribution in [0.4, 0.5) is 0 Å². The zero-order chi connectivity index (χ0) is 13.5. The molecule has 0 spiro atoms. The molecular formula is C13H13NO4. The molecule has 1 unspecified atom stereocenters. The van der Waals surface area contributed by atoms with Crippen molar-refractivity contribution in [3.05, 3.63) is 36.4 Å². The first-order chi connectivity index (χ1) is 8.64. The summed E-state index contributed by atoms with van der Waals surface area (Å²) in [5, 5.41) is 8.86. The number of hydrogen-bond donors (Lipinski definition) is 0. The third-order valence-corrected chi connectivity index (χ3v) is 2.16. The van der Waals surface area contributed by atoms with Crippen molar-refractivity contribution in [2.75, 3.05) is 14.2 Å². The molecule has 0 aliphatic heterocycles. The van der Waals surface area contributed by atoms with Crippen LogP contribution in [0.3, 0.4) is 0 Å². The molecule has 0 saturated heterocycles. The summed E-state index contributed by atoms with van der Waals surface area (Å²) in [4.78, 5) is 11.3. The van der Waals surface area contributed by atoms with Crippen molar-refractivity contribution in [3.8, 4) is 17.6 Å². The zero-order valence-corrected chi connectivity index (χ0v) is 10.2. The Morgan fingerprint density at radius 1 is 1.39 bits per heavy atom. The highest BCUT2D eigenvalue weighted by molar-refractivity contribution is 5.77. The number of nitriles is 1. The Bertz CT molecular complexity index is 490. The van der Waals surface area contributed by atoms with Crippen LogP contribution in [-0.2, 0) is 9.53 Å². The number of methoxy groups -OCH3 is 2. The standard InChI is InChI=1S/C13H13NO4/c1-4-12(13(15)17-3)18-11-6-9(8-14)5-10(7-11)16-2/h4-7,12H,1H2,2-3H3.